The van der Waals surface area contributed by atoms with Crippen molar-refractivity contribution < 1.29 is 14.2 Å². The molecule has 2 aromatic carbocycles. The molecule has 0 N–H and O–H groups in total. The molecule has 1 heterocycles. The third kappa shape index (κ3) is 5.15. The first kappa shape index (κ1) is 19.5. The van der Waals surface area contributed by atoms with E-state index >= 15 is 0 Å². The van der Waals surface area contributed by atoms with Crippen molar-refractivity contribution in [3.63, 3.8) is 0 Å². The Bertz CT molecular complexity index is 838. The van der Waals surface area contributed by atoms with E-state index in [1.54, 1.807) is 7.11 Å². The lowest BCUT2D eigenvalue weighted by molar-refractivity contribution is 0.122. The Labute approximate surface area is 173 Å². The molecule has 0 radical (unpaired) electrons. The lowest BCUT2D eigenvalue weighted by Gasteiger charge is -2.28. The van der Waals surface area contributed by atoms with Crippen LogP contribution >= 0.6 is 22.6 Å². The van der Waals surface area contributed by atoms with Gasteiger partial charge in [0.25, 0.3) is 0 Å². The monoisotopic (exact) mass is 476 g/mol. The van der Waals surface area contributed by atoms with Crippen molar-refractivity contribution in [3.8, 4) is 23.8 Å². The minimum absolute atomic E-state index is 0.204. The van der Waals surface area contributed by atoms with Crippen molar-refractivity contribution in [2.75, 3.05) is 44.9 Å². The Kier molecular flexibility index (Phi) is 6.96. The summed E-state index contributed by atoms with van der Waals surface area (Å²) in [6.45, 7) is 3.61. The summed E-state index contributed by atoms with van der Waals surface area (Å²) in [7, 11) is 1.61. The summed E-state index contributed by atoms with van der Waals surface area (Å²) in [5.74, 6) is 3.76. The number of aliphatic imine (C=N–C) groups is 1. The van der Waals surface area contributed by atoms with Gasteiger partial charge in [-0.1, -0.05) is 5.92 Å². The molecular formula is C21H21IN2O3. The van der Waals surface area contributed by atoms with E-state index in [9.17, 15) is 0 Å². The van der Waals surface area contributed by atoms with E-state index in [-0.39, 0.29) is 6.61 Å². The molecule has 27 heavy (non-hydrogen) atoms. The highest BCUT2D eigenvalue weighted by molar-refractivity contribution is 14.1. The van der Waals surface area contributed by atoms with E-state index in [0.717, 1.165) is 41.1 Å². The third-order valence-electron chi connectivity index (χ3n) is 4.14. The van der Waals surface area contributed by atoms with Crippen molar-refractivity contribution in [2.45, 2.75) is 0 Å². The van der Waals surface area contributed by atoms with E-state index < -0.39 is 0 Å². The molecule has 1 saturated heterocycles. The molecule has 140 valence electrons. The predicted octanol–water partition coefficient (Wildman–Crippen LogP) is 3.90. The van der Waals surface area contributed by atoms with Gasteiger partial charge in [-0.2, -0.15) is 0 Å². The van der Waals surface area contributed by atoms with Gasteiger partial charge in [-0.15, -0.1) is 6.42 Å². The average molecular weight is 476 g/mol. The maximum absolute atomic E-state index is 5.57. The zero-order chi connectivity index (χ0) is 19.1. The molecule has 0 unspecified atom stereocenters. The molecule has 3 rings (SSSR count). The maximum atomic E-state index is 5.57. The van der Waals surface area contributed by atoms with E-state index in [2.05, 4.69) is 50.5 Å². The number of rotatable bonds is 6. The number of ether oxygens (including phenoxy) is 3. The number of halogens is 1. The van der Waals surface area contributed by atoms with E-state index in [1.165, 1.54) is 5.69 Å². The Balaban J connectivity index is 1.73. The standard InChI is InChI=1S/C21H21IN2O3/c1-3-10-27-21-19(22)13-16(14-20(21)25-2)15-23-17-4-6-18(7-5-17)24-8-11-26-12-9-24/h1,4-7,13-15H,8-12H2,2H3. The largest absolute Gasteiger partial charge is 0.493 e. The van der Waals surface area contributed by atoms with Gasteiger partial charge in [0.05, 0.1) is 29.6 Å². The van der Waals surface area contributed by atoms with E-state index in [0.29, 0.717) is 11.5 Å². The first-order valence-corrected chi connectivity index (χ1v) is 9.70. The normalized spacial score (nSPS) is 14.2. The molecule has 6 heteroatoms. The number of hydrogen-bond acceptors (Lipinski definition) is 5. The molecule has 1 fully saturated rings. The average Bonchev–Trinajstić information content (AvgIpc) is 2.72. The molecule has 0 aliphatic carbocycles. The smallest absolute Gasteiger partial charge is 0.175 e. The van der Waals surface area contributed by atoms with Crippen molar-refractivity contribution in [3.05, 3.63) is 45.5 Å². The summed E-state index contributed by atoms with van der Waals surface area (Å²) in [5.41, 5.74) is 3.03. The zero-order valence-electron chi connectivity index (χ0n) is 15.2. The van der Waals surface area contributed by atoms with Crippen LogP contribution in [0.15, 0.2) is 41.4 Å². The van der Waals surface area contributed by atoms with Crippen LogP contribution in [0.25, 0.3) is 0 Å². The van der Waals surface area contributed by atoms with E-state index in [4.69, 9.17) is 20.6 Å². The van der Waals surface area contributed by atoms with Gasteiger partial charge in [-0.05, 0) is 64.6 Å². The summed E-state index contributed by atoms with van der Waals surface area (Å²) in [6.07, 6.45) is 7.09. The Morgan fingerprint density at radius 1 is 1.26 bits per heavy atom. The highest BCUT2D eigenvalue weighted by Gasteiger charge is 2.12. The van der Waals surface area contributed by atoms with Crippen LogP contribution in [0.2, 0.25) is 0 Å². The van der Waals surface area contributed by atoms with Gasteiger partial charge in [0.2, 0.25) is 0 Å². The quantitative estimate of drug-likeness (QED) is 0.361. The number of methoxy groups -OCH3 is 1. The summed E-state index contributed by atoms with van der Waals surface area (Å²) < 4.78 is 17.3. The Hall–Kier alpha value is -2.24. The molecule has 0 atom stereocenters. The topological polar surface area (TPSA) is 43.3 Å². The second-order valence-electron chi connectivity index (χ2n) is 5.90. The summed E-state index contributed by atoms with van der Waals surface area (Å²) in [6, 6.07) is 12.1. The third-order valence-corrected chi connectivity index (χ3v) is 4.94. The number of morpholine rings is 1. The van der Waals surface area contributed by atoms with Crippen molar-refractivity contribution in [1.82, 2.24) is 0 Å². The second kappa shape index (κ2) is 9.62. The van der Waals surface area contributed by atoms with E-state index in [1.807, 2.05) is 30.5 Å². The number of nitrogens with zero attached hydrogens (tertiary/aromatic N) is 2. The van der Waals surface area contributed by atoms with Crippen molar-refractivity contribution >= 4 is 40.2 Å². The maximum Gasteiger partial charge on any atom is 0.175 e. The number of hydrogen-bond donors (Lipinski definition) is 0. The Morgan fingerprint density at radius 2 is 2.00 bits per heavy atom. The molecule has 0 spiro atoms. The van der Waals surface area contributed by atoms with Crippen molar-refractivity contribution in [1.29, 1.82) is 0 Å². The van der Waals surface area contributed by atoms with Gasteiger partial charge < -0.3 is 19.1 Å². The molecule has 2 aromatic rings. The van der Waals surface area contributed by atoms with Gasteiger partial charge in [-0.3, -0.25) is 4.99 Å². The molecule has 1 aliphatic rings. The minimum Gasteiger partial charge on any atom is -0.493 e. The molecule has 0 saturated carbocycles. The number of anilines is 1. The van der Waals surface area contributed by atoms with Crippen LogP contribution in [0.1, 0.15) is 5.56 Å². The fraction of sp³-hybridized carbons (Fsp3) is 0.286. The van der Waals surface area contributed by atoms with Gasteiger partial charge in [0, 0.05) is 25.0 Å². The fourth-order valence-electron chi connectivity index (χ4n) is 2.79. The summed E-state index contributed by atoms with van der Waals surface area (Å²) >= 11 is 2.21. The van der Waals surface area contributed by atoms with Gasteiger partial charge in [0.1, 0.15) is 6.61 Å². The van der Waals surface area contributed by atoms with Crippen LogP contribution in [0.5, 0.6) is 11.5 Å². The molecule has 0 amide bonds. The fourth-order valence-corrected chi connectivity index (χ4v) is 3.57. The lowest BCUT2D eigenvalue weighted by Crippen LogP contribution is -2.36. The SMILES string of the molecule is C#CCOc1c(I)cc(C=Nc2ccc(N3CCOCC3)cc2)cc1OC. The van der Waals surface area contributed by atoms with Crippen molar-refractivity contribution in [2.24, 2.45) is 4.99 Å². The Morgan fingerprint density at radius 3 is 2.67 bits per heavy atom. The second-order valence-corrected chi connectivity index (χ2v) is 7.06. The molecule has 0 aromatic heterocycles. The first-order valence-electron chi connectivity index (χ1n) is 8.62. The zero-order valence-corrected chi connectivity index (χ0v) is 17.3. The van der Waals surface area contributed by atoms with Gasteiger partial charge in [-0.25, -0.2) is 0 Å². The summed E-state index contributed by atoms with van der Waals surface area (Å²) in [5, 5.41) is 0. The molecular weight excluding hydrogens is 455 g/mol. The van der Waals surface area contributed by atoms with Crippen LogP contribution in [0.3, 0.4) is 0 Å². The van der Waals surface area contributed by atoms with Gasteiger partial charge >= 0.3 is 0 Å². The highest BCUT2D eigenvalue weighted by atomic mass is 127. The molecule has 0 bridgehead atoms. The van der Waals surface area contributed by atoms with Crippen LogP contribution in [-0.2, 0) is 4.74 Å². The summed E-state index contributed by atoms with van der Waals surface area (Å²) in [4.78, 5) is 6.89. The first-order chi connectivity index (χ1) is 13.2. The number of terminal acetylenes is 1. The van der Waals surface area contributed by atoms with Gasteiger partial charge in [0.15, 0.2) is 11.5 Å². The van der Waals surface area contributed by atoms with Crippen LogP contribution in [0.4, 0.5) is 11.4 Å². The van der Waals surface area contributed by atoms with Crippen LogP contribution < -0.4 is 14.4 Å². The van der Waals surface area contributed by atoms with Crippen LogP contribution in [0, 0.1) is 15.9 Å². The molecule has 5 nitrogen and oxygen atoms in total. The minimum atomic E-state index is 0.204. The van der Waals surface area contributed by atoms with Crippen LogP contribution in [-0.4, -0.2) is 46.2 Å². The number of benzene rings is 2. The molecule has 1 aliphatic heterocycles. The highest BCUT2D eigenvalue weighted by Crippen LogP contribution is 2.33. The predicted molar refractivity (Wildman–Crippen MR) is 117 cm³/mol. The lowest BCUT2D eigenvalue weighted by atomic mass is 10.2.